The summed E-state index contributed by atoms with van der Waals surface area (Å²) >= 11 is 0. The van der Waals surface area contributed by atoms with E-state index in [9.17, 15) is 19.2 Å². The molecule has 0 aromatic heterocycles. The highest BCUT2D eigenvalue weighted by Gasteiger charge is 2.55. The molecule has 2 aliphatic rings. The van der Waals surface area contributed by atoms with Crippen LogP contribution in [0.15, 0.2) is 30.3 Å². The number of esters is 1. The van der Waals surface area contributed by atoms with E-state index in [2.05, 4.69) is 10.6 Å². The molecule has 1 heterocycles. The van der Waals surface area contributed by atoms with Crippen LogP contribution in [0.5, 0.6) is 0 Å². The average molecular weight is 415 g/mol. The highest BCUT2D eigenvalue weighted by Crippen LogP contribution is 2.38. The van der Waals surface area contributed by atoms with Crippen molar-refractivity contribution in [3.63, 3.8) is 0 Å². The van der Waals surface area contributed by atoms with E-state index < -0.39 is 36.6 Å². The first-order chi connectivity index (χ1) is 14.4. The Morgan fingerprint density at radius 1 is 1.23 bits per heavy atom. The summed E-state index contributed by atoms with van der Waals surface area (Å²) in [5, 5.41) is 5.48. The van der Waals surface area contributed by atoms with E-state index in [0.29, 0.717) is 13.0 Å². The SMILES string of the molecule is C[C@H]1CCCC[C@@]12NC(=O)N(CC(=O)OCC(=O)NCCCc1ccccc1)C2=O. The molecule has 1 aliphatic carbocycles. The van der Waals surface area contributed by atoms with Crippen LogP contribution in [0, 0.1) is 5.92 Å². The Kier molecular flexibility index (Phi) is 7.07. The zero-order chi connectivity index (χ0) is 21.6. The van der Waals surface area contributed by atoms with Crippen LogP contribution in [-0.4, -0.2) is 54.0 Å². The molecule has 1 saturated heterocycles. The topological polar surface area (TPSA) is 105 Å². The largest absolute Gasteiger partial charge is 0.454 e. The van der Waals surface area contributed by atoms with Crippen LogP contribution in [0.25, 0.3) is 0 Å². The predicted molar refractivity (Wildman–Crippen MR) is 109 cm³/mol. The van der Waals surface area contributed by atoms with Crippen LogP contribution in [0.1, 0.15) is 44.6 Å². The number of hydrogen-bond acceptors (Lipinski definition) is 5. The Balaban J connectivity index is 1.38. The van der Waals surface area contributed by atoms with E-state index in [1.807, 2.05) is 37.3 Å². The molecule has 162 valence electrons. The molecule has 4 amide bonds. The first-order valence-electron chi connectivity index (χ1n) is 10.5. The van der Waals surface area contributed by atoms with Crippen molar-refractivity contribution in [1.29, 1.82) is 0 Å². The molecule has 1 aromatic rings. The number of carbonyl (C=O) groups is 4. The number of imide groups is 1. The van der Waals surface area contributed by atoms with Gasteiger partial charge in [-0.25, -0.2) is 4.79 Å². The van der Waals surface area contributed by atoms with Gasteiger partial charge in [0.1, 0.15) is 12.1 Å². The number of ether oxygens (including phenoxy) is 1. The zero-order valence-corrected chi connectivity index (χ0v) is 17.3. The molecule has 1 spiro atoms. The molecule has 30 heavy (non-hydrogen) atoms. The highest BCUT2D eigenvalue weighted by atomic mass is 16.5. The first kappa shape index (κ1) is 21.8. The van der Waals surface area contributed by atoms with Crippen molar-refractivity contribution in [2.45, 2.75) is 51.0 Å². The Bertz CT molecular complexity index is 797. The van der Waals surface area contributed by atoms with Gasteiger partial charge in [-0.2, -0.15) is 0 Å². The second kappa shape index (κ2) is 9.73. The summed E-state index contributed by atoms with van der Waals surface area (Å²) in [4.78, 5) is 50.0. The number of carbonyl (C=O) groups excluding carboxylic acids is 4. The standard InChI is InChI=1S/C22H29N3O5/c1-16-8-5-6-12-22(16)20(28)25(21(29)24-22)14-19(27)30-15-18(26)23-13-7-11-17-9-3-2-4-10-17/h2-4,9-10,16H,5-8,11-15H2,1H3,(H,23,26)(H,24,29)/t16-,22+/m0/s1. The van der Waals surface area contributed by atoms with E-state index in [1.54, 1.807) is 0 Å². The fourth-order valence-electron chi connectivity index (χ4n) is 4.18. The second-order valence-corrected chi connectivity index (χ2v) is 8.04. The summed E-state index contributed by atoms with van der Waals surface area (Å²) in [6.45, 7) is 1.50. The maximum atomic E-state index is 12.8. The summed E-state index contributed by atoms with van der Waals surface area (Å²) < 4.78 is 4.96. The monoisotopic (exact) mass is 415 g/mol. The molecule has 2 atom stereocenters. The Morgan fingerprint density at radius 3 is 2.73 bits per heavy atom. The van der Waals surface area contributed by atoms with Crippen LogP contribution in [0.3, 0.4) is 0 Å². The molecule has 0 bridgehead atoms. The minimum Gasteiger partial charge on any atom is -0.454 e. The lowest BCUT2D eigenvalue weighted by atomic mass is 9.73. The predicted octanol–water partition coefficient (Wildman–Crippen LogP) is 1.78. The Hall–Kier alpha value is -2.90. The van der Waals surface area contributed by atoms with Crippen molar-refractivity contribution in [2.75, 3.05) is 19.7 Å². The number of nitrogens with one attached hydrogen (secondary N) is 2. The number of rotatable bonds is 8. The molecule has 2 fully saturated rings. The van der Waals surface area contributed by atoms with Crippen molar-refractivity contribution >= 4 is 23.8 Å². The highest BCUT2D eigenvalue weighted by molar-refractivity contribution is 6.09. The molecular formula is C22H29N3O5. The number of amides is 4. The third kappa shape index (κ3) is 4.98. The van der Waals surface area contributed by atoms with E-state index in [1.165, 1.54) is 5.56 Å². The van der Waals surface area contributed by atoms with Gasteiger partial charge < -0.3 is 15.4 Å². The lowest BCUT2D eigenvalue weighted by molar-refractivity contribution is -0.151. The van der Waals surface area contributed by atoms with Crippen molar-refractivity contribution < 1.29 is 23.9 Å². The number of benzene rings is 1. The van der Waals surface area contributed by atoms with Crippen LogP contribution in [-0.2, 0) is 25.5 Å². The maximum Gasteiger partial charge on any atom is 0.326 e. The minimum atomic E-state index is -0.911. The molecule has 0 radical (unpaired) electrons. The van der Waals surface area contributed by atoms with Crippen LogP contribution >= 0.6 is 0 Å². The number of urea groups is 1. The molecule has 8 nitrogen and oxygen atoms in total. The number of nitrogens with zero attached hydrogens (tertiary/aromatic N) is 1. The van der Waals surface area contributed by atoms with Gasteiger partial charge >= 0.3 is 12.0 Å². The second-order valence-electron chi connectivity index (χ2n) is 8.04. The van der Waals surface area contributed by atoms with Crippen molar-refractivity contribution in [2.24, 2.45) is 5.92 Å². The summed E-state index contributed by atoms with van der Waals surface area (Å²) in [6, 6.07) is 9.37. The number of hydrogen-bond donors (Lipinski definition) is 2. The van der Waals surface area contributed by atoms with Gasteiger partial charge in [-0.1, -0.05) is 50.1 Å². The normalized spacial score (nSPS) is 23.4. The van der Waals surface area contributed by atoms with Gasteiger partial charge in [0.2, 0.25) is 0 Å². The van der Waals surface area contributed by atoms with Crippen LogP contribution in [0.2, 0.25) is 0 Å². The summed E-state index contributed by atoms with van der Waals surface area (Å²) in [5.41, 5.74) is 0.281. The quantitative estimate of drug-likeness (QED) is 0.383. The molecule has 8 heteroatoms. The van der Waals surface area contributed by atoms with Gasteiger partial charge in [-0.15, -0.1) is 0 Å². The van der Waals surface area contributed by atoms with E-state index in [0.717, 1.165) is 37.0 Å². The first-order valence-corrected chi connectivity index (χ1v) is 10.5. The van der Waals surface area contributed by atoms with Gasteiger partial charge in [0, 0.05) is 6.54 Å². The molecule has 1 aromatic carbocycles. The van der Waals surface area contributed by atoms with Crippen molar-refractivity contribution in [3.8, 4) is 0 Å². The lowest BCUT2D eigenvalue weighted by Gasteiger charge is -2.36. The summed E-state index contributed by atoms with van der Waals surface area (Å²) in [7, 11) is 0. The summed E-state index contributed by atoms with van der Waals surface area (Å²) in [6.07, 6.45) is 4.93. The van der Waals surface area contributed by atoms with Crippen molar-refractivity contribution in [1.82, 2.24) is 15.5 Å². The third-order valence-electron chi connectivity index (χ3n) is 5.96. The third-order valence-corrected chi connectivity index (χ3v) is 5.96. The molecule has 2 N–H and O–H groups in total. The number of aryl methyl sites for hydroxylation is 1. The molecule has 0 unspecified atom stereocenters. The van der Waals surface area contributed by atoms with Crippen LogP contribution in [0.4, 0.5) is 4.79 Å². The fraction of sp³-hybridized carbons (Fsp3) is 0.545. The van der Waals surface area contributed by atoms with Gasteiger partial charge in [-0.05, 0) is 37.2 Å². The van der Waals surface area contributed by atoms with E-state index in [4.69, 9.17) is 4.74 Å². The molecule has 1 aliphatic heterocycles. The van der Waals surface area contributed by atoms with Gasteiger partial charge in [-0.3, -0.25) is 19.3 Å². The van der Waals surface area contributed by atoms with Gasteiger partial charge in [0.05, 0.1) is 0 Å². The maximum absolute atomic E-state index is 12.8. The Labute approximate surface area is 176 Å². The van der Waals surface area contributed by atoms with Crippen LogP contribution < -0.4 is 10.6 Å². The minimum absolute atomic E-state index is 0.0189. The van der Waals surface area contributed by atoms with Gasteiger partial charge in [0.15, 0.2) is 6.61 Å². The molecular weight excluding hydrogens is 386 g/mol. The molecule has 1 saturated carbocycles. The van der Waals surface area contributed by atoms with E-state index in [-0.39, 0.29) is 11.8 Å². The zero-order valence-electron chi connectivity index (χ0n) is 17.3. The summed E-state index contributed by atoms with van der Waals surface area (Å²) in [5.74, 6) is -1.54. The molecule has 3 rings (SSSR count). The lowest BCUT2D eigenvalue weighted by Crippen LogP contribution is -2.54. The smallest absolute Gasteiger partial charge is 0.326 e. The van der Waals surface area contributed by atoms with Gasteiger partial charge in [0.25, 0.3) is 11.8 Å². The fourth-order valence-corrected chi connectivity index (χ4v) is 4.18. The Morgan fingerprint density at radius 2 is 2.00 bits per heavy atom. The van der Waals surface area contributed by atoms with E-state index >= 15 is 0 Å². The van der Waals surface area contributed by atoms with Crippen molar-refractivity contribution in [3.05, 3.63) is 35.9 Å². The average Bonchev–Trinajstić information content (AvgIpc) is 2.97.